The Morgan fingerprint density at radius 2 is 1.90 bits per heavy atom. The van der Waals surface area contributed by atoms with Gasteiger partial charge in [-0.2, -0.15) is 0 Å². The largest absolute Gasteiger partial charge is 0.370 e. The Kier molecular flexibility index (Phi) is 5.32. The molecule has 0 fully saturated rings. The van der Waals surface area contributed by atoms with Crippen molar-refractivity contribution in [3.05, 3.63) is 59.8 Å². The minimum absolute atomic E-state index is 0.0597. The predicted octanol–water partition coefficient (Wildman–Crippen LogP) is 2.87. The normalized spacial score (nSPS) is 11.7. The molecule has 4 heteroatoms. The van der Waals surface area contributed by atoms with Gasteiger partial charge in [-0.1, -0.05) is 36.4 Å². The molecule has 2 aromatic rings. The number of carbonyl (C=O) groups is 1. The van der Waals surface area contributed by atoms with E-state index in [1.54, 1.807) is 6.07 Å². The quantitative estimate of drug-likeness (QED) is 0.857. The third-order valence-corrected chi connectivity index (χ3v) is 3.10. The van der Waals surface area contributed by atoms with E-state index in [0.717, 1.165) is 18.8 Å². The fraction of sp³-hybridized carbons (Fsp3) is 0.294. The van der Waals surface area contributed by atoms with Crippen LogP contribution in [0.4, 0.5) is 5.82 Å². The van der Waals surface area contributed by atoms with Crippen LogP contribution in [-0.2, 0) is 6.42 Å². The zero-order valence-electron chi connectivity index (χ0n) is 12.5. The van der Waals surface area contributed by atoms with E-state index in [2.05, 4.69) is 27.8 Å². The Labute approximate surface area is 125 Å². The molecule has 0 saturated heterocycles. The van der Waals surface area contributed by atoms with Gasteiger partial charge < -0.3 is 10.6 Å². The molecule has 0 bridgehead atoms. The maximum Gasteiger partial charge on any atom is 0.270 e. The van der Waals surface area contributed by atoms with Gasteiger partial charge in [-0.25, -0.2) is 4.98 Å². The van der Waals surface area contributed by atoms with Crippen molar-refractivity contribution in [1.82, 2.24) is 10.3 Å². The first-order chi connectivity index (χ1) is 10.2. The number of benzene rings is 1. The van der Waals surface area contributed by atoms with Gasteiger partial charge in [0.2, 0.25) is 0 Å². The summed E-state index contributed by atoms with van der Waals surface area (Å²) in [6, 6.07) is 15.6. The molecule has 0 aliphatic rings. The van der Waals surface area contributed by atoms with Gasteiger partial charge in [0.15, 0.2) is 0 Å². The van der Waals surface area contributed by atoms with Crippen LogP contribution in [0.1, 0.15) is 29.9 Å². The molecule has 1 unspecified atom stereocenters. The van der Waals surface area contributed by atoms with Gasteiger partial charge in [-0.05, 0) is 38.0 Å². The zero-order valence-corrected chi connectivity index (χ0v) is 12.5. The molecule has 110 valence electrons. The summed E-state index contributed by atoms with van der Waals surface area (Å²) in [7, 11) is 0. The van der Waals surface area contributed by atoms with Crippen molar-refractivity contribution in [1.29, 1.82) is 0 Å². The number of amides is 1. The molecule has 21 heavy (non-hydrogen) atoms. The second kappa shape index (κ2) is 7.43. The SMILES string of the molecule is CCNc1cccc(C(=O)NC(C)Cc2ccccc2)n1. The Hall–Kier alpha value is -2.36. The van der Waals surface area contributed by atoms with Crippen LogP contribution in [0.15, 0.2) is 48.5 Å². The van der Waals surface area contributed by atoms with Crippen LogP contribution in [-0.4, -0.2) is 23.5 Å². The Morgan fingerprint density at radius 3 is 2.62 bits per heavy atom. The molecule has 2 N–H and O–H groups in total. The molecule has 0 spiro atoms. The van der Waals surface area contributed by atoms with E-state index in [9.17, 15) is 4.79 Å². The monoisotopic (exact) mass is 283 g/mol. The van der Waals surface area contributed by atoms with Gasteiger partial charge in [-0.15, -0.1) is 0 Å². The lowest BCUT2D eigenvalue weighted by Crippen LogP contribution is -2.34. The first-order valence-corrected chi connectivity index (χ1v) is 7.24. The Morgan fingerprint density at radius 1 is 1.14 bits per heavy atom. The van der Waals surface area contributed by atoms with Crippen LogP contribution in [0.2, 0.25) is 0 Å². The summed E-state index contributed by atoms with van der Waals surface area (Å²) in [6.07, 6.45) is 0.805. The van der Waals surface area contributed by atoms with Crippen molar-refractivity contribution in [3.8, 4) is 0 Å². The van der Waals surface area contributed by atoms with Gasteiger partial charge >= 0.3 is 0 Å². The number of anilines is 1. The molecule has 1 aromatic heterocycles. The van der Waals surface area contributed by atoms with E-state index < -0.39 is 0 Å². The van der Waals surface area contributed by atoms with E-state index in [0.29, 0.717) is 5.69 Å². The van der Waals surface area contributed by atoms with E-state index >= 15 is 0 Å². The van der Waals surface area contributed by atoms with Crippen molar-refractivity contribution >= 4 is 11.7 Å². The lowest BCUT2D eigenvalue weighted by atomic mass is 10.1. The minimum atomic E-state index is -0.141. The van der Waals surface area contributed by atoms with Gasteiger partial charge in [0.25, 0.3) is 5.91 Å². The Balaban J connectivity index is 1.96. The second-order valence-corrected chi connectivity index (χ2v) is 5.00. The van der Waals surface area contributed by atoms with Crippen LogP contribution >= 0.6 is 0 Å². The zero-order chi connectivity index (χ0) is 15.1. The molecule has 0 aliphatic heterocycles. The molecule has 0 radical (unpaired) electrons. The molecule has 1 atom stereocenters. The van der Waals surface area contributed by atoms with E-state index in [-0.39, 0.29) is 11.9 Å². The van der Waals surface area contributed by atoms with Crippen LogP contribution in [0.5, 0.6) is 0 Å². The summed E-state index contributed by atoms with van der Waals surface area (Å²) in [5, 5.41) is 6.09. The van der Waals surface area contributed by atoms with Crippen LogP contribution < -0.4 is 10.6 Å². The smallest absolute Gasteiger partial charge is 0.270 e. The van der Waals surface area contributed by atoms with Gasteiger partial charge in [0.1, 0.15) is 11.5 Å². The first-order valence-electron chi connectivity index (χ1n) is 7.24. The average molecular weight is 283 g/mol. The molecule has 0 aliphatic carbocycles. The summed E-state index contributed by atoms with van der Waals surface area (Å²) in [5.74, 6) is 0.582. The lowest BCUT2D eigenvalue weighted by Gasteiger charge is -2.14. The van der Waals surface area contributed by atoms with Crippen LogP contribution in [0.25, 0.3) is 0 Å². The molecule has 1 heterocycles. The lowest BCUT2D eigenvalue weighted by molar-refractivity contribution is 0.0935. The average Bonchev–Trinajstić information content (AvgIpc) is 2.48. The van der Waals surface area contributed by atoms with E-state index in [4.69, 9.17) is 0 Å². The molecular formula is C17H21N3O. The van der Waals surface area contributed by atoms with Crippen LogP contribution in [0.3, 0.4) is 0 Å². The van der Waals surface area contributed by atoms with Gasteiger partial charge in [0, 0.05) is 12.6 Å². The number of hydrogen-bond donors (Lipinski definition) is 2. The van der Waals surface area contributed by atoms with Gasteiger partial charge in [0.05, 0.1) is 0 Å². The predicted molar refractivity (Wildman–Crippen MR) is 85.5 cm³/mol. The fourth-order valence-corrected chi connectivity index (χ4v) is 2.16. The molecular weight excluding hydrogens is 262 g/mol. The van der Waals surface area contributed by atoms with Crippen molar-refractivity contribution in [2.75, 3.05) is 11.9 Å². The maximum absolute atomic E-state index is 12.2. The van der Waals surface area contributed by atoms with E-state index in [1.165, 1.54) is 5.56 Å². The molecule has 4 nitrogen and oxygen atoms in total. The molecule has 0 saturated carbocycles. The number of pyridine rings is 1. The number of hydrogen-bond acceptors (Lipinski definition) is 3. The molecule has 1 amide bonds. The summed E-state index contributed by atoms with van der Waals surface area (Å²) in [6.45, 7) is 4.78. The van der Waals surface area contributed by atoms with E-state index in [1.807, 2.05) is 44.2 Å². The fourth-order valence-electron chi connectivity index (χ4n) is 2.16. The molecule has 2 rings (SSSR count). The van der Waals surface area contributed by atoms with Crippen molar-refractivity contribution in [3.63, 3.8) is 0 Å². The summed E-state index contributed by atoms with van der Waals surface area (Å²) >= 11 is 0. The summed E-state index contributed by atoms with van der Waals surface area (Å²) in [4.78, 5) is 16.5. The highest BCUT2D eigenvalue weighted by Crippen LogP contribution is 2.06. The van der Waals surface area contributed by atoms with Crippen molar-refractivity contribution < 1.29 is 4.79 Å². The number of nitrogens with one attached hydrogen (secondary N) is 2. The number of rotatable bonds is 6. The standard InChI is InChI=1S/C17H21N3O/c1-3-18-16-11-7-10-15(20-16)17(21)19-13(2)12-14-8-5-4-6-9-14/h4-11,13H,3,12H2,1-2H3,(H,18,20)(H,19,21). The highest BCUT2D eigenvalue weighted by Gasteiger charge is 2.11. The van der Waals surface area contributed by atoms with Crippen molar-refractivity contribution in [2.24, 2.45) is 0 Å². The topological polar surface area (TPSA) is 54.0 Å². The van der Waals surface area contributed by atoms with Gasteiger partial charge in [-0.3, -0.25) is 4.79 Å². The highest BCUT2D eigenvalue weighted by molar-refractivity contribution is 5.92. The number of carbonyl (C=O) groups excluding carboxylic acids is 1. The summed E-state index contributed by atoms with van der Waals surface area (Å²) < 4.78 is 0. The molecule has 1 aromatic carbocycles. The number of aromatic nitrogens is 1. The minimum Gasteiger partial charge on any atom is -0.370 e. The third-order valence-electron chi connectivity index (χ3n) is 3.10. The Bertz CT molecular complexity index is 584. The maximum atomic E-state index is 12.2. The van der Waals surface area contributed by atoms with Crippen LogP contribution in [0, 0.1) is 0 Å². The first kappa shape index (κ1) is 15.0. The third kappa shape index (κ3) is 4.60. The second-order valence-electron chi connectivity index (χ2n) is 5.00. The van der Waals surface area contributed by atoms with Crippen molar-refractivity contribution in [2.45, 2.75) is 26.3 Å². The highest BCUT2D eigenvalue weighted by atomic mass is 16.1. The number of nitrogens with zero attached hydrogens (tertiary/aromatic N) is 1. The summed E-state index contributed by atoms with van der Waals surface area (Å²) in [5.41, 5.74) is 1.65.